The van der Waals surface area contributed by atoms with Crippen LogP contribution in [0.5, 0.6) is 0 Å². The smallest absolute Gasteiger partial charge is 0.0437 e. The van der Waals surface area contributed by atoms with Crippen LogP contribution in [0, 0.1) is 6.58 Å². The molecule has 1 aromatic carbocycles. The molecule has 0 amide bonds. The maximum Gasteiger partial charge on any atom is 0.0437 e. The molecular weight excluding hydrogens is 180 g/mol. The maximum absolute atomic E-state index is 6.00. The van der Waals surface area contributed by atoms with Crippen molar-refractivity contribution in [3.63, 3.8) is 0 Å². The highest BCUT2D eigenvalue weighted by Gasteiger charge is 1.97. The fourth-order valence-corrected chi connectivity index (χ4v) is 1.51. The van der Waals surface area contributed by atoms with Crippen molar-refractivity contribution in [3.05, 3.63) is 47.5 Å². The van der Waals surface area contributed by atoms with Gasteiger partial charge in [0.05, 0.1) is 0 Å². The SMILES string of the molecule is [CH]=CCCCCc1ccccc1Cl. The van der Waals surface area contributed by atoms with Crippen molar-refractivity contribution in [1.29, 1.82) is 0 Å². The zero-order valence-electron chi connectivity index (χ0n) is 7.67. The molecule has 0 aliphatic rings. The molecule has 1 heteroatoms. The third kappa shape index (κ3) is 3.65. The van der Waals surface area contributed by atoms with E-state index in [0.717, 1.165) is 30.7 Å². The first kappa shape index (κ1) is 10.3. The Balaban J connectivity index is 2.36. The molecule has 0 bridgehead atoms. The standard InChI is InChI=1S/C12H14Cl/c1-2-3-4-5-8-11-9-6-7-10-12(11)13/h1-2,6-7,9-10H,3-5,8H2. The van der Waals surface area contributed by atoms with Gasteiger partial charge in [-0.05, 0) is 37.3 Å². The van der Waals surface area contributed by atoms with E-state index in [-0.39, 0.29) is 0 Å². The molecule has 1 rings (SSSR count). The number of hydrogen-bond acceptors (Lipinski definition) is 0. The van der Waals surface area contributed by atoms with Gasteiger partial charge >= 0.3 is 0 Å². The minimum absolute atomic E-state index is 0.874. The fourth-order valence-electron chi connectivity index (χ4n) is 1.28. The van der Waals surface area contributed by atoms with Crippen molar-refractivity contribution in [1.82, 2.24) is 0 Å². The Morgan fingerprint density at radius 1 is 1.23 bits per heavy atom. The zero-order valence-corrected chi connectivity index (χ0v) is 8.43. The van der Waals surface area contributed by atoms with E-state index in [9.17, 15) is 0 Å². The summed E-state index contributed by atoms with van der Waals surface area (Å²) >= 11 is 6.00. The molecule has 0 aliphatic carbocycles. The molecule has 1 radical (unpaired) electrons. The van der Waals surface area contributed by atoms with Crippen LogP contribution in [0.25, 0.3) is 0 Å². The van der Waals surface area contributed by atoms with E-state index >= 15 is 0 Å². The van der Waals surface area contributed by atoms with Crippen molar-refractivity contribution >= 4 is 11.6 Å². The average Bonchev–Trinajstić information content (AvgIpc) is 2.15. The zero-order chi connectivity index (χ0) is 9.52. The first-order valence-corrected chi connectivity index (χ1v) is 4.99. The number of halogens is 1. The monoisotopic (exact) mass is 193 g/mol. The van der Waals surface area contributed by atoms with Gasteiger partial charge < -0.3 is 0 Å². The molecule has 0 N–H and O–H groups in total. The molecule has 0 saturated carbocycles. The van der Waals surface area contributed by atoms with E-state index < -0.39 is 0 Å². The lowest BCUT2D eigenvalue weighted by atomic mass is 10.1. The van der Waals surface area contributed by atoms with Crippen molar-refractivity contribution < 1.29 is 0 Å². The molecular formula is C12H14Cl. The van der Waals surface area contributed by atoms with Crippen LogP contribution in [0.1, 0.15) is 24.8 Å². The third-order valence-corrected chi connectivity index (χ3v) is 2.39. The summed E-state index contributed by atoms with van der Waals surface area (Å²) < 4.78 is 0. The molecule has 0 aliphatic heterocycles. The van der Waals surface area contributed by atoms with Gasteiger partial charge in [-0.1, -0.05) is 42.5 Å². The minimum Gasteiger partial charge on any atom is -0.0845 e. The van der Waals surface area contributed by atoms with E-state index in [1.807, 2.05) is 18.2 Å². The van der Waals surface area contributed by atoms with Crippen molar-refractivity contribution in [2.24, 2.45) is 0 Å². The van der Waals surface area contributed by atoms with E-state index in [1.54, 1.807) is 6.08 Å². The second-order valence-electron chi connectivity index (χ2n) is 3.07. The molecule has 13 heavy (non-hydrogen) atoms. The number of unbranched alkanes of at least 4 members (excludes halogenated alkanes) is 2. The quantitative estimate of drug-likeness (QED) is 0.620. The lowest BCUT2D eigenvalue weighted by molar-refractivity contribution is 0.748. The van der Waals surface area contributed by atoms with Crippen molar-refractivity contribution in [3.8, 4) is 0 Å². The Kier molecular flexibility index (Phi) is 4.63. The predicted octanol–water partition coefficient (Wildman–Crippen LogP) is 4.04. The Hall–Kier alpha value is -0.750. The molecule has 0 atom stereocenters. The largest absolute Gasteiger partial charge is 0.0845 e. The van der Waals surface area contributed by atoms with Gasteiger partial charge in [-0.25, -0.2) is 0 Å². The first-order valence-electron chi connectivity index (χ1n) is 4.61. The summed E-state index contributed by atoms with van der Waals surface area (Å²) in [6.07, 6.45) is 6.05. The van der Waals surface area contributed by atoms with Gasteiger partial charge in [0, 0.05) is 5.02 Å². The van der Waals surface area contributed by atoms with Gasteiger partial charge in [-0.15, -0.1) is 0 Å². The summed E-state index contributed by atoms with van der Waals surface area (Å²) in [6.45, 7) is 5.29. The van der Waals surface area contributed by atoms with E-state index in [2.05, 4.69) is 6.07 Å². The predicted molar refractivity (Wildman–Crippen MR) is 57.9 cm³/mol. The van der Waals surface area contributed by atoms with Crippen LogP contribution in [0.4, 0.5) is 0 Å². The number of benzene rings is 1. The van der Waals surface area contributed by atoms with E-state index in [4.69, 9.17) is 18.2 Å². The van der Waals surface area contributed by atoms with Crippen molar-refractivity contribution in [2.45, 2.75) is 25.7 Å². The Labute approximate surface area is 85.2 Å². The average molecular weight is 194 g/mol. The number of aryl methyl sites for hydroxylation is 1. The summed E-state index contributed by atoms with van der Waals surface area (Å²) in [5.41, 5.74) is 1.24. The molecule has 0 unspecified atom stereocenters. The van der Waals surface area contributed by atoms with Gasteiger partial charge in [0.25, 0.3) is 0 Å². The summed E-state index contributed by atoms with van der Waals surface area (Å²) in [4.78, 5) is 0. The molecule has 0 saturated heterocycles. The van der Waals surface area contributed by atoms with Crippen LogP contribution in [-0.4, -0.2) is 0 Å². The van der Waals surface area contributed by atoms with Crippen LogP contribution in [-0.2, 0) is 6.42 Å². The van der Waals surface area contributed by atoms with Gasteiger partial charge in [0.1, 0.15) is 0 Å². The second-order valence-corrected chi connectivity index (χ2v) is 3.48. The molecule has 0 spiro atoms. The summed E-state index contributed by atoms with van der Waals surface area (Å²) in [7, 11) is 0. The Morgan fingerprint density at radius 2 is 2.00 bits per heavy atom. The number of hydrogen-bond donors (Lipinski definition) is 0. The van der Waals surface area contributed by atoms with Crippen LogP contribution in [0.3, 0.4) is 0 Å². The van der Waals surface area contributed by atoms with Crippen LogP contribution < -0.4 is 0 Å². The molecule has 69 valence electrons. The van der Waals surface area contributed by atoms with E-state index in [1.165, 1.54) is 5.56 Å². The molecule has 0 aromatic heterocycles. The highest BCUT2D eigenvalue weighted by molar-refractivity contribution is 6.31. The molecule has 0 heterocycles. The summed E-state index contributed by atoms with van der Waals surface area (Å²) in [5.74, 6) is 0. The molecule has 1 aromatic rings. The Morgan fingerprint density at radius 3 is 2.69 bits per heavy atom. The summed E-state index contributed by atoms with van der Waals surface area (Å²) in [6, 6.07) is 8.00. The van der Waals surface area contributed by atoms with Crippen LogP contribution in [0.2, 0.25) is 5.02 Å². The topological polar surface area (TPSA) is 0 Å². The lowest BCUT2D eigenvalue weighted by Gasteiger charge is -2.02. The van der Waals surface area contributed by atoms with Gasteiger partial charge in [-0.2, -0.15) is 0 Å². The van der Waals surface area contributed by atoms with E-state index in [0.29, 0.717) is 0 Å². The number of rotatable bonds is 5. The molecule has 0 fully saturated rings. The first-order chi connectivity index (χ1) is 6.34. The second kappa shape index (κ2) is 5.82. The third-order valence-electron chi connectivity index (χ3n) is 2.02. The minimum atomic E-state index is 0.874. The van der Waals surface area contributed by atoms with Gasteiger partial charge in [0.2, 0.25) is 0 Å². The summed E-state index contributed by atoms with van der Waals surface area (Å²) in [5, 5.41) is 0.874. The lowest BCUT2D eigenvalue weighted by Crippen LogP contribution is -1.86. The van der Waals surface area contributed by atoms with Crippen LogP contribution in [0.15, 0.2) is 30.3 Å². The normalized spacial score (nSPS) is 9.92. The Bertz CT molecular complexity index is 266. The van der Waals surface area contributed by atoms with Gasteiger partial charge in [0.15, 0.2) is 0 Å². The maximum atomic E-state index is 6.00. The van der Waals surface area contributed by atoms with Gasteiger partial charge in [-0.3, -0.25) is 0 Å². The highest BCUT2D eigenvalue weighted by atomic mass is 35.5. The highest BCUT2D eigenvalue weighted by Crippen LogP contribution is 2.17. The molecule has 0 nitrogen and oxygen atoms in total. The van der Waals surface area contributed by atoms with Crippen LogP contribution >= 0.6 is 11.6 Å². The van der Waals surface area contributed by atoms with Crippen molar-refractivity contribution in [2.75, 3.05) is 0 Å². The number of allylic oxidation sites excluding steroid dienone is 1. The fraction of sp³-hybridized carbons (Fsp3) is 0.333.